The minimum absolute atomic E-state index is 0.127. The summed E-state index contributed by atoms with van der Waals surface area (Å²) < 4.78 is 37.8. The predicted octanol–water partition coefficient (Wildman–Crippen LogP) is 5.70. The molecule has 3 aromatic carbocycles. The van der Waals surface area contributed by atoms with Crippen molar-refractivity contribution in [2.45, 2.75) is 27.3 Å². The summed E-state index contributed by atoms with van der Waals surface area (Å²) in [7, 11) is 0. The van der Waals surface area contributed by atoms with Crippen molar-refractivity contribution in [3.63, 3.8) is 0 Å². The van der Waals surface area contributed by atoms with Crippen LogP contribution < -0.4 is 10.3 Å². The van der Waals surface area contributed by atoms with Crippen LogP contribution >= 0.6 is 0 Å². The number of aromatic nitrogens is 3. The van der Waals surface area contributed by atoms with Gasteiger partial charge >= 0.3 is 5.97 Å². The second-order valence-electron chi connectivity index (χ2n) is 8.73. The normalized spacial score (nSPS) is 11.2. The molecule has 37 heavy (non-hydrogen) atoms. The third kappa shape index (κ3) is 4.31. The molecule has 0 aliphatic carbocycles. The molecule has 6 nitrogen and oxygen atoms in total. The van der Waals surface area contributed by atoms with Crippen molar-refractivity contribution in [3.05, 3.63) is 112 Å². The number of ether oxygens (including phenoxy) is 1. The van der Waals surface area contributed by atoms with Crippen molar-refractivity contribution in [2.24, 2.45) is 0 Å². The highest BCUT2D eigenvalue weighted by Crippen LogP contribution is 2.30. The average molecular weight is 500 g/mol. The van der Waals surface area contributed by atoms with E-state index in [1.54, 1.807) is 42.7 Å². The number of rotatable bonds is 5. The largest absolute Gasteiger partial charge is 0.427 e. The lowest BCUT2D eigenvalue weighted by molar-refractivity contribution is -0.131. The van der Waals surface area contributed by atoms with Gasteiger partial charge < -0.3 is 9.30 Å². The molecule has 0 amide bonds. The summed E-state index contributed by atoms with van der Waals surface area (Å²) in [6, 6.07) is 19.7. The maximum Gasteiger partial charge on any atom is 0.308 e. The maximum atomic E-state index is 14.7. The molecule has 0 saturated carbocycles. The van der Waals surface area contributed by atoms with Crippen LogP contribution in [0, 0.1) is 25.5 Å². The number of carbonyl (C=O) groups is 1. The van der Waals surface area contributed by atoms with Gasteiger partial charge in [0.15, 0.2) is 0 Å². The van der Waals surface area contributed by atoms with Crippen molar-refractivity contribution >= 4 is 11.7 Å². The zero-order valence-electron chi connectivity index (χ0n) is 20.5. The Morgan fingerprint density at radius 1 is 0.892 bits per heavy atom. The lowest BCUT2D eigenvalue weighted by Gasteiger charge is -2.18. The van der Waals surface area contributed by atoms with Crippen molar-refractivity contribution < 1.29 is 18.3 Å². The van der Waals surface area contributed by atoms with Crippen LogP contribution in [0.1, 0.15) is 23.7 Å². The highest BCUT2D eigenvalue weighted by Gasteiger charge is 2.23. The number of nitrogens with zero attached hydrogens (tertiary/aromatic N) is 3. The van der Waals surface area contributed by atoms with Crippen LogP contribution in [0.2, 0.25) is 0 Å². The second kappa shape index (κ2) is 9.46. The molecule has 2 heterocycles. The quantitative estimate of drug-likeness (QED) is 0.230. The van der Waals surface area contributed by atoms with Gasteiger partial charge in [-0.1, -0.05) is 36.4 Å². The molecular weight excluding hydrogens is 476 g/mol. The molecule has 5 aromatic rings. The Labute approximate surface area is 211 Å². The molecule has 0 unspecified atom stereocenters. The fourth-order valence-corrected chi connectivity index (χ4v) is 4.56. The van der Waals surface area contributed by atoms with Crippen LogP contribution in [0.25, 0.3) is 28.3 Å². The number of imidazole rings is 1. The molecule has 0 aliphatic heterocycles. The summed E-state index contributed by atoms with van der Waals surface area (Å²) in [5.74, 6) is -1.16. The summed E-state index contributed by atoms with van der Waals surface area (Å²) in [6.07, 6.45) is 0. The lowest BCUT2D eigenvalue weighted by Crippen LogP contribution is -2.24. The van der Waals surface area contributed by atoms with Crippen LogP contribution in [-0.2, 0) is 11.3 Å². The van der Waals surface area contributed by atoms with Gasteiger partial charge in [-0.2, -0.15) is 0 Å². The fraction of sp³-hybridized carbons (Fsp3) is 0.138. The van der Waals surface area contributed by atoms with E-state index in [1.807, 2.05) is 30.3 Å². The molecule has 2 aromatic heterocycles. The van der Waals surface area contributed by atoms with E-state index in [0.29, 0.717) is 34.0 Å². The fourth-order valence-electron chi connectivity index (χ4n) is 4.56. The Kier molecular flexibility index (Phi) is 6.17. The number of esters is 1. The van der Waals surface area contributed by atoms with E-state index >= 15 is 0 Å². The summed E-state index contributed by atoms with van der Waals surface area (Å²) >= 11 is 0. The molecule has 0 radical (unpaired) electrons. The third-order valence-electron chi connectivity index (χ3n) is 6.29. The standard InChI is InChI=1S/C29H23F2N3O3/c1-17-27(21-8-5-4-6-9-21)33(16-23-24(30)10-7-11-25(23)31)29-32-26(18(2)34(29)28(17)36)20-12-14-22(15-13-20)37-19(3)35/h4-15H,16H2,1-3H3. The number of halogens is 2. The minimum Gasteiger partial charge on any atom is -0.427 e. The molecule has 0 fully saturated rings. The smallest absolute Gasteiger partial charge is 0.308 e. The monoisotopic (exact) mass is 499 g/mol. The summed E-state index contributed by atoms with van der Waals surface area (Å²) in [5, 5.41) is 0. The Morgan fingerprint density at radius 2 is 1.54 bits per heavy atom. The number of hydrogen-bond donors (Lipinski definition) is 0. The number of benzene rings is 3. The van der Waals surface area contributed by atoms with Crippen molar-refractivity contribution in [1.82, 2.24) is 14.0 Å². The third-order valence-corrected chi connectivity index (χ3v) is 6.29. The first-order valence-electron chi connectivity index (χ1n) is 11.7. The molecule has 0 saturated heterocycles. The lowest BCUT2D eigenvalue weighted by atomic mass is 10.1. The van der Waals surface area contributed by atoms with Crippen molar-refractivity contribution in [2.75, 3.05) is 0 Å². The van der Waals surface area contributed by atoms with E-state index in [1.165, 1.54) is 29.5 Å². The van der Waals surface area contributed by atoms with Gasteiger partial charge in [0, 0.05) is 23.6 Å². The van der Waals surface area contributed by atoms with Gasteiger partial charge in [0.2, 0.25) is 5.78 Å². The zero-order valence-corrected chi connectivity index (χ0v) is 20.5. The molecule has 0 N–H and O–H groups in total. The van der Waals surface area contributed by atoms with Gasteiger partial charge in [0.1, 0.15) is 17.4 Å². The number of fused-ring (bicyclic) bond motifs is 1. The summed E-state index contributed by atoms with van der Waals surface area (Å²) in [6.45, 7) is 4.62. The molecule has 0 bridgehead atoms. The molecular formula is C29H23F2N3O3. The van der Waals surface area contributed by atoms with Gasteiger partial charge in [0.05, 0.1) is 23.6 Å². The Bertz CT molecular complexity index is 1690. The molecule has 0 atom stereocenters. The second-order valence-corrected chi connectivity index (χ2v) is 8.73. The molecule has 186 valence electrons. The minimum atomic E-state index is -0.682. The van der Waals surface area contributed by atoms with Crippen LogP contribution in [0.5, 0.6) is 5.75 Å². The summed E-state index contributed by atoms with van der Waals surface area (Å²) in [4.78, 5) is 29.7. The number of carbonyl (C=O) groups excluding carboxylic acids is 1. The van der Waals surface area contributed by atoms with E-state index in [0.717, 1.165) is 5.56 Å². The van der Waals surface area contributed by atoms with Crippen LogP contribution in [0.3, 0.4) is 0 Å². The highest BCUT2D eigenvalue weighted by molar-refractivity contribution is 5.72. The zero-order chi connectivity index (χ0) is 26.3. The Hall–Kier alpha value is -4.59. The average Bonchev–Trinajstić information content (AvgIpc) is 3.22. The molecule has 0 spiro atoms. The van der Waals surface area contributed by atoms with Gasteiger partial charge in [-0.25, -0.2) is 18.2 Å². The van der Waals surface area contributed by atoms with Crippen LogP contribution in [0.15, 0.2) is 77.6 Å². The Balaban J connectivity index is 1.79. The van der Waals surface area contributed by atoms with Crippen molar-refractivity contribution in [1.29, 1.82) is 0 Å². The van der Waals surface area contributed by atoms with E-state index in [-0.39, 0.29) is 23.4 Å². The van der Waals surface area contributed by atoms with Crippen LogP contribution in [0.4, 0.5) is 8.78 Å². The number of hydrogen-bond acceptors (Lipinski definition) is 4. The van der Waals surface area contributed by atoms with Gasteiger partial charge in [-0.15, -0.1) is 0 Å². The van der Waals surface area contributed by atoms with Crippen LogP contribution in [-0.4, -0.2) is 19.9 Å². The summed E-state index contributed by atoms with van der Waals surface area (Å²) in [5.41, 5.74) is 3.08. The SMILES string of the molecule is CC(=O)Oc1ccc(-c2nc3n(Cc4c(F)cccc4F)c(-c4ccccc4)c(C)c(=O)n3c2C)cc1. The molecule has 8 heteroatoms. The Morgan fingerprint density at radius 3 is 2.16 bits per heavy atom. The van der Waals surface area contributed by atoms with E-state index in [4.69, 9.17) is 9.72 Å². The van der Waals surface area contributed by atoms with Crippen molar-refractivity contribution in [3.8, 4) is 28.3 Å². The van der Waals surface area contributed by atoms with E-state index in [2.05, 4.69) is 0 Å². The maximum absolute atomic E-state index is 14.7. The van der Waals surface area contributed by atoms with Gasteiger partial charge in [-0.3, -0.25) is 9.59 Å². The first-order chi connectivity index (χ1) is 17.8. The highest BCUT2D eigenvalue weighted by atomic mass is 19.1. The molecule has 5 rings (SSSR count). The van der Waals surface area contributed by atoms with E-state index < -0.39 is 17.6 Å². The topological polar surface area (TPSA) is 65.6 Å². The number of aryl methyl sites for hydroxylation is 1. The molecule has 0 aliphatic rings. The van der Waals surface area contributed by atoms with Gasteiger partial charge in [-0.05, 0) is 55.8 Å². The first kappa shape index (κ1) is 24.1. The van der Waals surface area contributed by atoms with E-state index in [9.17, 15) is 18.4 Å². The first-order valence-corrected chi connectivity index (χ1v) is 11.7. The van der Waals surface area contributed by atoms with Gasteiger partial charge in [0.25, 0.3) is 5.56 Å². The predicted molar refractivity (Wildman–Crippen MR) is 137 cm³/mol.